The SMILES string of the molecule is C=CCNC(=O)CCC/C=C\C/C=C\CCCCCN(C(=O)CCCCC)C(C)C. The van der Waals surface area contributed by atoms with Gasteiger partial charge >= 0.3 is 0 Å². The summed E-state index contributed by atoms with van der Waals surface area (Å²) in [7, 11) is 0. The Hall–Kier alpha value is -1.84. The summed E-state index contributed by atoms with van der Waals surface area (Å²) < 4.78 is 0. The molecule has 30 heavy (non-hydrogen) atoms. The molecule has 0 fully saturated rings. The van der Waals surface area contributed by atoms with E-state index in [1.54, 1.807) is 6.08 Å². The maximum Gasteiger partial charge on any atom is 0.222 e. The summed E-state index contributed by atoms with van der Waals surface area (Å²) in [5, 5.41) is 2.79. The van der Waals surface area contributed by atoms with Crippen LogP contribution in [0.1, 0.15) is 97.8 Å². The quantitative estimate of drug-likeness (QED) is 0.196. The maximum absolute atomic E-state index is 12.4. The van der Waals surface area contributed by atoms with Crippen molar-refractivity contribution in [1.82, 2.24) is 10.2 Å². The monoisotopic (exact) mass is 418 g/mol. The maximum atomic E-state index is 12.4. The molecule has 0 unspecified atom stereocenters. The van der Waals surface area contributed by atoms with Crippen molar-refractivity contribution in [3.63, 3.8) is 0 Å². The van der Waals surface area contributed by atoms with Crippen LogP contribution in [-0.2, 0) is 9.59 Å². The Labute approximate surface area is 185 Å². The van der Waals surface area contributed by atoms with Gasteiger partial charge in [-0.05, 0) is 58.8 Å². The van der Waals surface area contributed by atoms with E-state index >= 15 is 0 Å². The van der Waals surface area contributed by atoms with Gasteiger partial charge in [0.2, 0.25) is 11.8 Å². The first-order valence-electron chi connectivity index (χ1n) is 12.0. The van der Waals surface area contributed by atoms with E-state index in [0.717, 1.165) is 57.9 Å². The molecular weight excluding hydrogens is 372 g/mol. The van der Waals surface area contributed by atoms with Crippen LogP contribution in [0.3, 0.4) is 0 Å². The van der Waals surface area contributed by atoms with E-state index in [9.17, 15) is 9.59 Å². The Morgan fingerprint density at radius 2 is 1.60 bits per heavy atom. The van der Waals surface area contributed by atoms with Gasteiger partial charge in [0, 0.05) is 32.0 Å². The van der Waals surface area contributed by atoms with E-state index in [1.165, 1.54) is 12.8 Å². The lowest BCUT2D eigenvalue weighted by Crippen LogP contribution is -2.37. The van der Waals surface area contributed by atoms with Crippen molar-refractivity contribution in [2.75, 3.05) is 13.1 Å². The largest absolute Gasteiger partial charge is 0.353 e. The molecule has 0 aliphatic carbocycles. The van der Waals surface area contributed by atoms with Gasteiger partial charge in [0.1, 0.15) is 0 Å². The van der Waals surface area contributed by atoms with Crippen molar-refractivity contribution in [2.45, 2.75) is 104 Å². The molecule has 0 aromatic heterocycles. The summed E-state index contributed by atoms with van der Waals surface area (Å²) in [6, 6.07) is 0.298. The van der Waals surface area contributed by atoms with Crippen LogP contribution in [0.2, 0.25) is 0 Å². The van der Waals surface area contributed by atoms with Gasteiger partial charge < -0.3 is 10.2 Å². The molecule has 0 saturated heterocycles. The number of carbonyl (C=O) groups excluding carboxylic acids is 2. The smallest absolute Gasteiger partial charge is 0.222 e. The molecule has 0 heterocycles. The normalized spacial score (nSPS) is 11.5. The summed E-state index contributed by atoms with van der Waals surface area (Å²) >= 11 is 0. The highest BCUT2D eigenvalue weighted by molar-refractivity contribution is 5.76. The Morgan fingerprint density at radius 3 is 2.23 bits per heavy atom. The van der Waals surface area contributed by atoms with Gasteiger partial charge in [-0.25, -0.2) is 0 Å². The Kier molecular flexibility index (Phi) is 19.2. The van der Waals surface area contributed by atoms with E-state index in [2.05, 4.69) is 61.9 Å². The number of amides is 2. The first kappa shape index (κ1) is 28.2. The Balaban J connectivity index is 3.72. The fourth-order valence-corrected chi connectivity index (χ4v) is 3.22. The van der Waals surface area contributed by atoms with E-state index < -0.39 is 0 Å². The number of allylic oxidation sites excluding steroid dienone is 4. The van der Waals surface area contributed by atoms with E-state index in [1.807, 2.05) is 0 Å². The average Bonchev–Trinajstić information content (AvgIpc) is 2.72. The highest BCUT2D eigenvalue weighted by Crippen LogP contribution is 2.10. The van der Waals surface area contributed by atoms with Crippen molar-refractivity contribution in [3.8, 4) is 0 Å². The summed E-state index contributed by atoms with van der Waals surface area (Å²) in [5.41, 5.74) is 0. The molecule has 0 atom stereocenters. The zero-order valence-electron chi connectivity index (χ0n) is 19.8. The number of hydrogen-bond donors (Lipinski definition) is 1. The first-order valence-corrected chi connectivity index (χ1v) is 12.0. The number of rotatable bonds is 19. The molecule has 0 rings (SSSR count). The highest BCUT2D eigenvalue weighted by atomic mass is 16.2. The number of hydrogen-bond acceptors (Lipinski definition) is 2. The minimum absolute atomic E-state index is 0.0977. The molecular formula is C26H46N2O2. The summed E-state index contributed by atoms with van der Waals surface area (Å²) in [5.74, 6) is 0.420. The summed E-state index contributed by atoms with van der Waals surface area (Å²) in [4.78, 5) is 25.8. The van der Waals surface area contributed by atoms with Gasteiger partial charge in [0.25, 0.3) is 0 Å². The molecule has 0 radical (unpaired) electrons. The van der Waals surface area contributed by atoms with Crippen LogP contribution >= 0.6 is 0 Å². The molecule has 0 bridgehead atoms. The highest BCUT2D eigenvalue weighted by Gasteiger charge is 2.15. The summed E-state index contributed by atoms with van der Waals surface area (Å²) in [6.07, 6.45) is 22.4. The van der Waals surface area contributed by atoms with Crippen LogP contribution < -0.4 is 5.32 Å². The minimum atomic E-state index is 0.0977. The predicted octanol–water partition coefficient (Wildman–Crippen LogP) is 6.34. The zero-order valence-corrected chi connectivity index (χ0v) is 19.8. The zero-order chi connectivity index (χ0) is 22.5. The number of nitrogens with zero attached hydrogens (tertiary/aromatic N) is 1. The molecule has 0 aliphatic rings. The number of carbonyl (C=O) groups is 2. The van der Waals surface area contributed by atoms with Crippen molar-refractivity contribution in [2.24, 2.45) is 0 Å². The average molecular weight is 419 g/mol. The lowest BCUT2D eigenvalue weighted by atomic mass is 10.1. The van der Waals surface area contributed by atoms with Crippen LogP contribution in [0.25, 0.3) is 0 Å². The topological polar surface area (TPSA) is 49.4 Å². The van der Waals surface area contributed by atoms with Gasteiger partial charge in [-0.3, -0.25) is 9.59 Å². The van der Waals surface area contributed by atoms with Crippen molar-refractivity contribution < 1.29 is 9.59 Å². The van der Waals surface area contributed by atoms with Crippen LogP contribution in [0.5, 0.6) is 0 Å². The van der Waals surface area contributed by atoms with Crippen LogP contribution in [-0.4, -0.2) is 35.8 Å². The van der Waals surface area contributed by atoms with Crippen LogP contribution in [0, 0.1) is 0 Å². The molecule has 0 aromatic rings. The molecule has 0 aliphatic heterocycles. The van der Waals surface area contributed by atoms with Gasteiger partial charge in [-0.15, -0.1) is 6.58 Å². The third-order valence-corrected chi connectivity index (χ3v) is 5.03. The second-order valence-electron chi connectivity index (χ2n) is 8.15. The molecule has 0 saturated carbocycles. The Bertz CT molecular complexity index is 509. The van der Waals surface area contributed by atoms with E-state index in [-0.39, 0.29) is 5.91 Å². The molecule has 0 aromatic carbocycles. The lowest BCUT2D eigenvalue weighted by molar-refractivity contribution is -0.133. The number of nitrogens with one attached hydrogen (secondary N) is 1. The van der Waals surface area contributed by atoms with E-state index in [0.29, 0.717) is 31.3 Å². The van der Waals surface area contributed by atoms with Crippen molar-refractivity contribution in [1.29, 1.82) is 0 Å². The molecule has 4 heteroatoms. The molecule has 2 amide bonds. The Morgan fingerprint density at radius 1 is 0.900 bits per heavy atom. The fraction of sp³-hybridized carbons (Fsp3) is 0.692. The molecule has 1 N–H and O–H groups in total. The van der Waals surface area contributed by atoms with Crippen molar-refractivity contribution in [3.05, 3.63) is 37.0 Å². The summed E-state index contributed by atoms with van der Waals surface area (Å²) in [6.45, 7) is 11.4. The second kappa shape index (κ2) is 20.4. The predicted molar refractivity (Wildman–Crippen MR) is 129 cm³/mol. The van der Waals surface area contributed by atoms with Gasteiger partial charge in [-0.1, -0.05) is 56.6 Å². The van der Waals surface area contributed by atoms with Crippen LogP contribution in [0.4, 0.5) is 0 Å². The van der Waals surface area contributed by atoms with E-state index in [4.69, 9.17) is 0 Å². The minimum Gasteiger partial charge on any atom is -0.353 e. The van der Waals surface area contributed by atoms with Crippen molar-refractivity contribution >= 4 is 11.8 Å². The third kappa shape index (κ3) is 17.1. The fourth-order valence-electron chi connectivity index (χ4n) is 3.22. The van der Waals surface area contributed by atoms with Gasteiger partial charge in [-0.2, -0.15) is 0 Å². The number of unbranched alkanes of at least 4 members (excludes halogenated alkanes) is 6. The second-order valence-corrected chi connectivity index (χ2v) is 8.15. The first-order chi connectivity index (χ1) is 14.5. The van der Waals surface area contributed by atoms with Gasteiger partial charge in [0.15, 0.2) is 0 Å². The standard InChI is InChI=1S/C26H46N2O2/c1-5-7-17-21-26(30)28(24(3)4)23-19-16-14-12-10-8-9-11-13-15-18-20-25(29)27-22-6-2/h6,8,10-11,13,24H,2,5,7,9,12,14-23H2,1,3-4H3,(H,27,29)/b10-8-,13-11-. The van der Waals surface area contributed by atoms with Crippen LogP contribution in [0.15, 0.2) is 37.0 Å². The lowest BCUT2D eigenvalue weighted by Gasteiger charge is -2.27. The third-order valence-electron chi connectivity index (χ3n) is 5.03. The molecule has 172 valence electrons. The molecule has 4 nitrogen and oxygen atoms in total. The van der Waals surface area contributed by atoms with Gasteiger partial charge in [0.05, 0.1) is 0 Å². The molecule has 0 spiro atoms.